The Morgan fingerprint density at radius 1 is 0.439 bits per heavy atom. The quantitative estimate of drug-likeness (QED) is 0.272. The molecule has 1 heterocycles. The van der Waals surface area contributed by atoms with Gasteiger partial charge >= 0.3 is 0 Å². The Bertz CT molecular complexity index is 2130. The van der Waals surface area contributed by atoms with Crippen LogP contribution in [0.2, 0.25) is 0 Å². The molecule has 2 nitrogen and oxygen atoms in total. The summed E-state index contributed by atoms with van der Waals surface area (Å²) in [6.45, 7) is 0. The van der Waals surface area contributed by atoms with E-state index in [1.165, 1.54) is 0 Å². The average Bonchev–Trinajstić information content (AvgIpc) is 3.02. The maximum absolute atomic E-state index is 6.56. The van der Waals surface area contributed by atoms with Crippen molar-refractivity contribution in [2.24, 2.45) is 0 Å². The number of nitrogens with zero attached hydrogens (tertiary/aromatic N) is 2. The third-order valence-corrected chi connectivity index (χ3v) is 7.73. The summed E-state index contributed by atoms with van der Waals surface area (Å²) in [6.07, 6.45) is 0. The van der Waals surface area contributed by atoms with Crippen molar-refractivity contribution < 1.29 is 0 Å². The number of hydrogen-bond donors (Lipinski definition) is 0. The van der Waals surface area contributed by atoms with Crippen LogP contribution in [0.1, 0.15) is 0 Å². The summed E-state index contributed by atoms with van der Waals surface area (Å²) >= 11 is 0. The molecule has 7 aromatic rings. The highest BCUT2D eigenvalue weighted by Gasteiger charge is 2.20. The second-order valence-electron chi connectivity index (χ2n) is 10.1. The minimum absolute atomic E-state index is 0.182. The number of benzene rings is 6. The lowest BCUT2D eigenvalue weighted by atomic mass is 9.59. The molecule has 0 fully saturated rings. The molecule has 0 aliphatic heterocycles. The van der Waals surface area contributed by atoms with Crippen molar-refractivity contribution in [3.8, 4) is 33.8 Å². The van der Waals surface area contributed by atoms with Crippen LogP contribution in [0.5, 0.6) is 0 Å². The second kappa shape index (κ2) is 9.85. The standard InChI is InChI=1S/C34H17B5N2/c35-27-26(28(36)30(38)31(39)29(27)37)24-17-25-32(21-15-14-18-8-4-5-11-20(18)16-21)40-34(19-9-2-1-3-10-19)41-33(25)23-13-7-6-12-22(23)24/h1-17H. The highest BCUT2D eigenvalue weighted by Crippen LogP contribution is 2.38. The monoisotopic (exact) mass is 508 g/mol. The second-order valence-corrected chi connectivity index (χ2v) is 10.1. The molecule has 0 spiro atoms. The van der Waals surface area contributed by atoms with E-state index >= 15 is 0 Å². The Labute approximate surface area is 245 Å². The molecule has 0 N–H and O–H groups in total. The van der Waals surface area contributed by atoms with Crippen molar-refractivity contribution in [3.05, 3.63) is 103 Å². The molecule has 1 aromatic heterocycles. The Kier molecular flexibility index (Phi) is 6.12. The van der Waals surface area contributed by atoms with E-state index in [1.807, 2.05) is 72.8 Å². The van der Waals surface area contributed by atoms with Crippen LogP contribution < -0.4 is 27.3 Å². The lowest BCUT2D eigenvalue weighted by Crippen LogP contribution is -2.55. The minimum Gasteiger partial charge on any atom is -0.227 e. The van der Waals surface area contributed by atoms with Gasteiger partial charge in [0.05, 0.1) is 11.2 Å². The van der Waals surface area contributed by atoms with E-state index in [2.05, 4.69) is 30.3 Å². The Balaban J connectivity index is 1.64. The van der Waals surface area contributed by atoms with Gasteiger partial charge in [-0.1, -0.05) is 102 Å². The molecule has 0 amide bonds. The summed E-state index contributed by atoms with van der Waals surface area (Å²) in [4.78, 5) is 10.2. The minimum atomic E-state index is 0.182. The fourth-order valence-corrected chi connectivity index (χ4v) is 5.58. The van der Waals surface area contributed by atoms with Gasteiger partial charge in [0, 0.05) is 21.9 Å². The number of aromatic nitrogens is 2. The number of fused-ring (bicyclic) bond motifs is 4. The van der Waals surface area contributed by atoms with Crippen molar-refractivity contribution in [2.45, 2.75) is 0 Å². The van der Waals surface area contributed by atoms with Gasteiger partial charge in [-0.3, -0.25) is 0 Å². The molecule has 178 valence electrons. The largest absolute Gasteiger partial charge is 0.227 e. The van der Waals surface area contributed by atoms with E-state index in [0.29, 0.717) is 11.4 Å². The Hall–Kier alpha value is -4.50. The van der Waals surface area contributed by atoms with Crippen LogP contribution in [0.3, 0.4) is 0 Å². The maximum Gasteiger partial charge on any atom is 0.160 e. The van der Waals surface area contributed by atoms with Crippen molar-refractivity contribution in [1.82, 2.24) is 9.97 Å². The summed E-state index contributed by atoms with van der Waals surface area (Å²) in [6, 6.07) is 34.7. The van der Waals surface area contributed by atoms with E-state index in [1.54, 1.807) is 0 Å². The summed E-state index contributed by atoms with van der Waals surface area (Å²) in [5.74, 6) is 0.638. The molecule has 0 saturated heterocycles. The summed E-state index contributed by atoms with van der Waals surface area (Å²) in [7, 11) is 31.8. The Morgan fingerprint density at radius 2 is 1.05 bits per heavy atom. The predicted molar refractivity (Wildman–Crippen MR) is 178 cm³/mol. The number of rotatable bonds is 3. The molecule has 0 aliphatic carbocycles. The van der Waals surface area contributed by atoms with Gasteiger partial charge in [-0.2, -0.15) is 0 Å². The zero-order valence-electron chi connectivity index (χ0n) is 22.1. The highest BCUT2D eigenvalue weighted by molar-refractivity contribution is 6.68. The molecule has 10 radical (unpaired) electrons. The molecule has 0 aliphatic rings. The van der Waals surface area contributed by atoms with Crippen LogP contribution in [0.4, 0.5) is 0 Å². The predicted octanol–water partition coefficient (Wildman–Crippen LogP) is 2.91. The van der Waals surface area contributed by atoms with Gasteiger partial charge in [0.25, 0.3) is 0 Å². The fraction of sp³-hybridized carbons (Fsp3) is 0. The van der Waals surface area contributed by atoms with Crippen LogP contribution >= 0.6 is 0 Å². The van der Waals surface area contributed by atoms with E-state index in [4.69, 9.17) is 49.2 Å². The molecule has 6 aromatic carbocycles. The smallest absolute Gasteiger partial charge is 0.160 e. The van der Waals surface area contributed by atoms with E-state index in [9.17, 15) is 0 Å². The molecule has 0 saturated carbocycles. The summed E-state index contributed by atoms with van der Waals surface area (Å²) in [5, 5.41) is 4.95. The SMILES string of the molecule is [B]c1c([B])c([B])c(-c2cc3c(-c4ccc5ccccc5c4)nc(-c4ccccc4)nc3c3ccccc23)c([B])c1[B]. The first-order valence-corrected chi connectivity index (χ1v) is 13.2. The Morgan fingerprint density at radius 3 is 1.78 bits per heavy atom. The van der Waals surface area contributed by atoms with Crippen LogP contribution in [0.15, 0.2) is 103 Å². The highest BCUT2D eigenvalue weighted by atomic mass is 14.9. The summed E-state index contributed by atoms with van der Waals surface area (Å²) < 4.78 is 0. The molecule has 0 unspecified atom stereocenters. The zero-order valence-corrected chi connectivity index (χ0v) is 22.1. The molecular formula is C34H17B5N2. The first kappa shape index (κ1) is 25.5. The third kappa shape index (κ3) is 4.11. The molecule has 0 bridgehead atoms. The molecular weight excluding hydrogens is 490 g/mol. The number of hydrogen-bond acceptors (Lipinski definition) is 2. The molecule has 7 rings (SSSR count). The van der Waals surface area contributed by atoms with E-state index in [-0.39, 0.29) is 27.3 Å². The van der Waals surface area contributed by atoms with Crippen LogP contribution in [-0.4, -0.2) is 49.2 Å². The van der Waals surface area contributed by atoms with Gasteiger partial charge in [0.1, 0.15) is 39.2 Å². The van der Waals surface area contributed by atoms with Gasteiger partial charge < -0.3 is 0 Å². The van der Waals surface area contributed by atoms with Gasteiger partial charge in [-0.05, 0) is 39.4 Å². The zero-order chi connectivity index (χ0) is 28.2. The van der Waals surface area contributed by atoms with Crippen LogP contribution in [0.25, 0.3) is 66.2 Å². The van der Waals surface area contributed by atoms with Gasteiger partial charge in [0.15, 0.2) is 5.82 Å². The lowest BCUT2D eigenvalue weighted by molar-refractivity contribution is 1.23. The average molecular weight is 508 g/mol. The van der Waals surface area contributed by atoms with Gasteiger partial charge in [-0.15, -0.1) is 16.4 Å². The van der Waals surface area contributed by atoms with E-state index in [0.717, 1.165) is 54.8 Å². The normalized spacial score (nSPS) is 11.4. The first-order valence-electron chi connectivity index (χ1n) is 13.2. The van der Waals surface area contributed by atoms with Crippen LogP contribution in [0, 0.1) is 0 Å². The van der Waals surface area contributed by atoms with Crippen LogP contribution in [-0.2, 0) is 0 Å². The molecule has 41 heavy (non-hydrogen) atoms. The third-order valence-electron chi connectivity index (χ3n) is 7.73. The van der Waals surface area contributed by atoms with E-state index < -0.39 is 0 Å². The van der Waals surface area contributed by atoms with Gasteiger partial charge in [-0.25, -0.2) is 9.97 Å². The van der Waals surface area contributed by atoms with Crippen molar-refractivity contribution in [1.29, 1.82) is 0 Å². The maximum atomic E-state index is 6.56. The van der Waals surface area contributed by atoms with Gasteiger partial charge in [0.2, 0.25) is 0 Å². The van der Waals surface area contributed by atoms with Crippen molar-refractivity contribution >= 4 is 99.0 Å². The van der Waals surface area contributed by atoms with Crippen molar-refractivity contribution in [3.63, 3.8) is 0 Å². The molecule has 7 heteroatoms. The summed E-state index contributed by atoms with van der Waals surface area (Å²) in [5.41, 5.74) is 5.99. The topological polar surface area (TPSA) is 25.8 Å². The lowest BCUT2D eigenvalue weighted by Gasteiger charge is -2.23. The first-order chi connectivity index (χ1) is 19.9. The fourth-order valence-electron chi connectivity index (χ4n) is 5.58. The molecule has 0 atom stereocenters. The van der Waals surface area contributed by atoms with Crippen molar-refractivity contribution in [2.75, 3.05) is 0 Å².